The number of nitrogens with zero attached hydrogens (tertiary/aromatic N) is 2. The van der Waals surface area contributed by atoms with E-state index in [2.05, 4.69) is 5.32 Å². The van der Waals surface area contributed by atoms with Crippen molar-refractivity contribution in [3.05, 3.63) is 84.0 Å². The number of nitrogens with one attached hydrogen (secondary N) is 1. The second kappa shape index (κ2) is 8.24. The number of aryl methyl sites for hydroxylation is 2. The number of aromatic nitrogens is 1. The summed E-state index contributed by atoms with van der Waals surface area (Å²) in [5.74, 6) is -0.737. The molecule has 0 saturated heterocycles. The second-order valence-corrected chi connectivity index (χ2v) is 9.09. The molecule has 0 spiro atoms. The van der Waals surface area contributed by atoms with Gasteiger partial charge in [0, 0.05) is 18.7 Å². The molecule has 0 fully saturated rings. The summed E-state index contributed by atoms with van der Waals surface area (Å²) in [5.41, 5.74) is 4.50. The number of carbonyl (C=O) groups excluding carboxylic acids is 1. The predicted octanol–water partition coefficient (Wildman–Crippen LogP) is 2.21. The van der Waals surface area contributed by atoms with Gasteiger partial charge in [-0.2, -0.15) is 0 Å². The average molecular weight is 438 g/mol. The third kappa shape index (κ3) is 4.11. The number of benzene rings is 2. The first-order valence-corrected chi connectivity index (χ1v) is 10.8. The van der Waals surface area contributed by atoms with Crippen LogP contribution in [0.5, 0.6) is 0 Å². The number of fused-ring (bicyclic) bond motifs is 1. The fourth-order valence-corrected chi connectivity index (χ4v) is 4.80. The molecule has 31 heavy (non-hydrogen) atoms. The van der Waals surface area contributed by atoms with E-state index in [1.165, 1.54) is 23.5 Å². The van der Waals surface area contributed by atoms with E-state index in [1.807, 2.05) is 57.1 Å². The average Bonchev–Trinajstić information content (AvgIpc) is 3.18. The number of halogens is 1. The van der Waals surface area contributed by atoms with Gasteiger partial charge >= 0.3 is 0 Å². The van der Waals surface area contributed by atoms with Crippen LogP contribution in [-0.4, -0.2) is 36.0 Å². The highest BCUT2D eigenvalue weighted by atomic mass is 32.1. The lowest BCUT2D eigenvalue weighted by molar-refractivity contribution is -0.110. The highest BCUT2D eigenvalue weighted by Crippen LogP contribution is 2.30. The van der Waals surface area contributed by atoms with Crippen LogP contribution in [0.1, 0.15) is 22.3 Å². The summed E-state index contributed by atoms with van der Waals surface area (Å²) in [6.45, 7) is 5.12. The lowest BCUT2D eigenvalue weighted by Crippen LogP contribution is -2.36. The molecule has 2 heterocycles. The molecule has 5 nitrogen and oxygen atoms in total. The van der Waals surface area contributed by atoms with Gasteiger partial charge in [-0.1, -0.05) is 23.8 Å². The lowest BCUT2D eigenvalue weighted by atomic mass is 10.1. The minimum Gasteiger partial charge on any atom is -0.321 e. The summed E-state index contributed by atoms with van der Waals surface area (Å²) >= 11 is 1.30. The molecular weight excluding hydrogens is 413 g/mol. The van der Waals surface area contributed by atoms with E-state index in [4.69, 9.17) is 0 Å². The highest BCUT2D eigenvalue weighted by Gasteiger charge is 2.27. The summed E-state index contributed by atoms with van der Waals surface area (Å²) in [6.07, 6.45) is 1.89. The molecule has 1 aliphatic heterocycles. The molecule has 0 bridgehead atoms. The topological polar surface area (TPSA) is 54.3 Å². The van der Waals surface area contributed by atoms with Crippen molar-refractivity contribution in [1.82, 2.24) is 9.47 Å². The fourth-order valence-electron chi connectivity index (χ4n) is 3.62. The van der Waals surface area contributed by atoms with Crippen molar-refractivity contribution in [2.45, 2.75) is 20.4 Å². The normalized spacial score (nSPS) is 15.5. The van der Waals surface area contributed by atoms with E-state index >= 15 is 0 Å². The number of hydrogen-bond acceptors (Lipinski definition) is 4. The van der Waals surface area contributed by atoms with Crippen molar-refractivity contribution in [1.29, 1.82) is 0 Å². The van der Waals surface area contributed by atoms with Gasteiger partial charge in [0.25, 0.3) is 11.5 Å². The molecular formula is C24H24FN3O2S. The first kappa shape index (κ1) is 21.2. The van der Waals surface area contributed by atoms with Crippen molar-refractivity contribution in [2.24, 2.45) is 0 Å². The molecule has 160 valence electrons. The van der Waals surface area contributed by atoms with Gasteiger partial charge in [0.05, 0.1) is 15.8 Å². The van der Waals surface area contributed by atoms with Gasteiger partial charge < -0.3 is 10.2 Å². The van der Waals surface area contributed by atoms with E-state index in [0.717, 1.165) is 16.7 Å². The Hall–Kier alpha value is -3.03. The smallest absolute Gasteiger partial charge is 0.269 e. The fraction of sp³-hybridized carbons (Fsp3) is 0.250. The number of thiazole rings is 1. The third-order valence-electron chi connectivity index (χ3n) is 5.34. The molecule has 0 radical (unpaired) electrons. The van der Waals surface area contributed by atoms with E-state index in [1.54, 1.807) is 10.6 Å². The SMILES string of the molecule is Cc1ccc(C)c(/C=c2\s/c(=C3/C(=O)Nc4cc(F)ccc43)n(CCN(C)C)c2=O)c1. The first-order valence-electron chi connectivity index (χ1n) is 10.0. The van der Waals surface area contributed by atoms with Crippen LogP contribution in [-0.2, 0) is 11.3 Å². The van der Waals surface area contributed by atoms with Crippen LogP contribution in [0.15, 0.2) is 41.2 Å². The molecule has 3 aromatic rings. The van der Waals surface area contributed by atoms with Crippen LogP contribution < -0.4 is 20.1 Å². The number of anilines is 1. The Kier molecular flexibility index (Phi) is 5.64. The quantitative estimate of drug-likeness (QED) is 0.681. The minimum atomic E-state index is -0.416. The standard InChI is InChI=1S/C24H24FN3O2S/c1-14-5-6-15(2)16(11-14)12-20-23(30)28(10-9-27(3)4)24(31-20)21-18-8-7-17(25)13-19(18)26-22(21)29/h5-8,11-13H,9-10H2,1-4H3,(H,26,29)/b20-12-,24-21+. The molecule has 2 aromatic carbocycles. The molecule has 0 saturated carbocycles. The van der Waals surface area contributed by atoms with Crippen LogP contribution in [0.2, 0.25) is 0 Å². The Morgan fingerprint density at radius 2 is 1.90 bits per heavy atom. The van der Waals surface area contributed by atoms with Crippen molar-refractivity contribution in [2.75, 3.05) is 26.0 Å². The monoisotopic (exact) mass is 437 g/mol. The Morgan fingerprint density at radius 3 is 2.65 bits per heavy atom. The van der Waals surface area contributed by atoms with Gasteiger partial charge in [-0.25, -0.2) is 4.39 Å². The van der Waals surface area contributed by atoms with Crippen LogP contribution in [0.25, 0.3) is 11.6 Å². The Bertz CT molecular complexity index is 1370. The number of likely N-dealkylation sites (N-methyl/N-ethyl adjacent to an activating group) is 1. The lowest BCUT2D eigenvalue weighted by Gasteiger charge is -2.10. The van der Waals surface area contributed by atoms with Crippen molar-refractivity contribution >= 4 is 34.6 Å². The number of amides is 1. The number of hydrogen-bond donors (Lipinski definition) is 1. The van der Waals surface area contributed by atoms with Crippen LogP contribution in [0.4, 0.5) is 10.1 Å². The first-order chi connectivity index (χ1) is 14.7. The summed E-state index contributed by atoms with van der Waals surface area (Å²) in [5, 5.41) is 2.73. The van der Waals surface area contributed by atoms with Gasteiger partial charge in [-0.3, -0.25) is 14.2 Å². The number of rotatable bonds is 4. The molecule has 0 atom stereocenters. The second-order valence-electron chi connectivity index (χ2n) is 8.05. The maximum Gasteiger partial charge on any atom is 0.269 e. The van der Waals surface area contributed by atoms with Crippen LogP contribution >= 0.6 is 11.3 Å². The van der Waals surface area contributed by atoms with E-state index in [0.29, 0.717) is 39.1 Å². The van der Waals surface area contributed by atoms with Crippen molar-refractivity contribution in [3.8, 4) is 0 Å². The molecule has 1 N–H and O–H groups in total. The predicted molar refractivity (Wildman–Crippen MR) is 123 cm³/mol. The number of carbonyl (C=O) groups is 1. The van der Waals surface area contributed by atoms with Crippen LogP contribution in [0, 0.1) is 19.7 Å². The van der Waals surface area contributed by atoms with Crippen LogP contribution in [0.3, 0.4) is 0 Å². The summed E-state index contributed by atoms with van der Waals surface area (Å²) in [7, 11) is 3.88. The van der Waals surface area contributed by atoms with Crippen molar-refractivity contribution < 1.29 is 9.18 Å². The molecule has 1 amide bonds. The zero-order valence-electron chi connectivity index (χ0n) is 18.0. The largest absolute Gasteiger partial charge is 0.321 e. The van der Waals surface area contributed by atoms with Gasteiger partial charge in [0.2, 0.25) is 0 Å². The molecule has 1 aromatic heterocycles. The molecule has 7 heteroatoms. The van der Waals surface area contributed by atoms with Gasteiger partial charge in [0.1, 0.15) is 10.5 Å². The van der Waals surface area contributed by atoms with E-state index < -0.39 is 5.82 Å². The zero-order valence-corrected chi connectivity index (χ0v) is 18.8. The Morgan fingerprint density at radius 1 is 1.13 bits per heavy atom. The highest BCUT2D eigenvalue weighted by molar-refractivity contribution is 7.07. The third-order valence-corrected chi connectivity index (χ3v) is 6.47. The van der Waals surface area contributed by atoms with Gasteiger partial charge in [-0.15, -0.1) is 11.3 Å². The summed E-state index contributed by atoms with van der Waals surface area (Å²) in [4.78, 5) is 28.2. The Balaban J connectivity index is 2.01. The molecule has 0 unspecified atom stereocenters. The molecule has 0 aliphatic carbocycles. The molecule has 1 aliphatic rings. The zero-order chi connectivity index (χ0) is 22.3. The van der Waals surface area contributed by atoms with Gasteiger partial charge in [-0.05, 0) is 63.3 Å². The molecule has 4 rings (SSSR count). The maximum atomic E-state index is 13.7. The minimum absolute atomic E-state index is 0.126. The van der Waals surface area contributed by atoms with E-state index in [9.17, 15) is 14.0 Å². The van der Waals surface area contributed by atoms with Crippen molar-refractivity contribution in [3.63, 3.8) is 0 Å². The Labute approximate surface area is 183 Å². The summed E-state index contributed by atoms with van der Waals surface area (Å²) in [6, 6.07) is 10.3. The summed E-state index contributed by atoms with van der Waals surface area (Å²) < 4.78 is 16.5. The maximum absolute atomic E-state index is 13.7. The van der Waals surface area contributed by atoms with E-state index in [-0.39, 0.29) is 11.5 Å². The van der Waals surface area contributed by atoms with Gasteiger partial charge in [0.15, 0.2) is 0 Å².